The molecule has 2 heteroatoms. The number of hydrogen-bond donors (Lipinski definition) is 2. The quantitative estimate of drug-likeness (QED) is 0.708. The third-order valence-electron chi connectivity index (χ3n) is 4.13. The van der Waals surface area contributed by atoms with Crippen LogP contribution >= 0.6 is 0 Å². The molecule has 16 heavy (non-hydrogen) atoms. The molecule has 0 saturated heterocycles. The van der Waals surface area contributed by atoms with Gasteiger partial charge in [0.25, 0.3) is 0 Å². The van der Waals surface area contributed by atoms with Crippen LogP contribution in [0.5, 0.6) is 0 Å². The van der Waals surface area contributed by atoms with Crippen molar-refractivity contribution in [3.8, 4) is 0 Å². The standard InChI is InChI=1S/C14H20N2/c15-12-6-5-10-7-8-16-14(13(10)9-12)11-3-1-2-4-11/h5-6,9,11,14,16H,1-4,7-8,15H2. The van der Waals surface area contributed by atoms with E-state index in [-0.39, 0.29) is 0 Å². The minimum absolute atomic E-state index is 0.565. The Hall–Kier alpha value is -1.02. The molecule has 1 unspecified atom stereocenters. The summed E-state index contributed by atoms with van der Waals surface area (Å²) in [5.74, 6) is 0.834. The SMILES string of the molecule is Nc1ccc2c(c1)C(C1CCCC1)NCC2. The summed E-state index contributed by atoms with van der Waals surface area (Å²) in [6, 6.07) is 7.00. The molecule has 0 spiro atoms. The van der Waals surface area contributed by atoms with Gasteiger partial charge in [-0.25, -0.2) is 0 Å². The second-order valence-corrected chi connectivity index (χ2v) is 5.18. The van der Waals surface area contributed by atoms with Crippen molar-refractivity contribution in [1.29, 1.82) is 0 Å². The van der Waals surface area contributed by atoms with Gasteiger partial charge in [-0.15, -0.1) is 0 Å². The fourth-order valence-electron chi connectivity index (χ4n) is 3.31. The zero-order valence-corrected chi connectivity index (χ0v) is 9.71. The Morgan fingerprint density at radius 3 is 2.81 bits per heavy atom. The molecule has 1 saturated carbocycles. The molecular weight excluding hydrogens is 196 g/mol. The molecule has 1 heterocycles. The first-order valence-corrected chi connectivity index (χ1v) is 6.46. The molecule has 2 aliphatic rings. The zero-order valence-electron chi connectivity index (χ0n) is 9.71. The molecule has 3 N–H and O–H groups in total. The molecule has 1 aliphatic heterocycles. The largest absolute Gasteiger partial charge is 0.399 e. The fourth-order valence-corrected chi connectivity index (χ4v) is 3.31. The first kappa shape index (κ1) is 10.2. The Morgan fingerprint density at radius 1 is 1.19 bits per heavy atom. The van der Waals surface area contributed by atoms with E-state index in [4.69, 9.17) is 5.73 Å². The topological polar surface area (TPSA) is 38.0 Å². The lowest BCUT2D eigenvalue weighted by molar-refractivity contribution is 0.354. The average molecular weight is 216 g/mol. The first-order valence-electron chi connectivity index (χ1n) is 6.46. The highest BCUT2D eigenvalue weighted by Crippen LogP contribution is 2.38. The Balaban J connectivity index is 1.94. The highest BCUT2D eigenvalue weighted by atomic mass is 14.9. The number of fused-ring (bicyclic) bond motifs is 1. The van der Waals surface area contributed by atoms with Gasteiger partial charge in [-0.2, -0.15) is 0 Å². The minimum Gasteiger partial charge on any atom is -0.399 e. The van der Waals surface area contributed by atoms with Gasteiger partial charge >= 0.3 is 0 Å². The summed E-state index contributed by atoms with van der Waals surface area (Å²) in [5, 5.41) is 3.69. The van der Waals surface area contributed by atoms with Gasteiger partial charge in [-0.3, -0.25) is 0 Å². The van der Waals surface area contributed by atoms with Crippen LogP contribution in [-0.4, -0.2) is 6.54 Å². The van der Waals surface area contributed by atoms with Crippen LogP contribution in [0.4, 0.5) is 5.69 Å². The summed E-state index contributed by atoms with van der Waals surface area (Å²) in [7, 11) is 0. The van der Waals surface area contributed by atoms with E-state index in [0.717, 1.165) is 24.6 Å². The van der Waals surface area contributed by atoms with E-state index in [0.29, 0.717) is 6.04 Å². The number of nitrogen functional groups attached to an aromatic ring is 1. The summed E-state index contributed by atoms with van der Waals surface area (Å²) in [6.45, 7) is 1.12. The molecule has 0 amide bonds. The van der Waals surface area contributed by atoms with Gasteiger partial charge in [0.15, 0.2) is 0 Å². The van der Waals surface area contributed by atoms with Gasteiger partial charge < -0.3 is 11.1 Å². The molecule has 1 aliphatic carbocycles. The highest BCUT2D eigenvalue weighted by Gasteiger charge is 2.29. The second kappa shape index (κ2) is 4.10. The third kappa shape index (κ3) is 1.71. The maximum atomic E-state index is 5.91. The van der Waals surface area contributed by atoms with Gasteiger partial charge in [-0.1, -0.05) is 18.9 Å². The van der Waals surface area contributed by atoms with Crippen molar-refractivity contribution in [2.24, 2.45) is 5.92 Å². The lowest BCUT2D eigenvalue weighted by Gasteiger charge is -2.31. The van der Waals surface area contributed by atoms with Gasteiger partial charge in [-0.05, 0) is 55.0 Å². The van der Waals surface area contributed by atoms with E-state index in [2.05, 4.69) is 17.4 Å². The van der Waals surface area contributed by atoms with Crippen molar-refractivity contribution in [3.63, 3.8) is 0 Å². The monoisotopic (exact) mass is 216 g/mol. The molecular formula is C14H20N2. The van der Waals surface area contributed by atoms with Crippen LogP contribution in [0.1, 0.15) is 42.9 Å². The Bertz CT molecular complexity index is 380. The molecule has 3 rings (SSSR count). The van der Waals surface area contributed by atoms with Crippen LogP contribution in [-0.2, 0) is 6.42 Å². The van der Waals surface area contributed by atoms with Crippen molar-refractivity contribution in [2.45, 2.75) is 38.1 Å². The van der Waals surface area contributed by atoms with Crippen LogP contribution in [0.25, 0.3) is 0 Å². The van der Waals surface area contributed by atoms with Crippen LogP contribution in [0.15, 0.2) is 18.2 Å². The Labute approximate surface area is 97.2 Å². The molecule has 0 aromatic heterocycles. The molecule has 2 nitrogen and oxygen atoms in total. The molecule has 86 valence electrons. The molecule has 1 fully saturated rings. The van der Waals surface area contributed by atoms with Gasteiger partial charge in [0, 0.05) is 11.7 Å². The van der Waals surface area contributed by atoms with Gasteiger partial charge in [0.1, 0.15) is 0 Å². The summed E-state index contributed by atoms with van der Waals surface area (Å²) in [5.41, 5.74) is 9.80. The maximum Gasteiger partial charge on any atom is 0.0352 e. The van der Waals surface area contributed by atoms with E-state index in [1.54, 1.807) is 0 Å². The van der Waals surface area contributed by atoms with Gasteiger partial charge in [0.2, 0.25) is 0 Å². The first-order chi connectivity index (χ1) is 7.84. The second-order valence-electron chi connectivity index (χ2n) is 5.18. The molecule has 0 radical (unpaired) electrons. The fraction of sp³-hybridized carbons (Fsp3) is 0.571. The van der Waals surface area contributed by atoms with Crippen LogP contribution in [0, 0.1) is 5.92 Å². The molecule has 1 aromatic carbocycles. The number of rotatable bonds is 1. The number of nitrogens with one attached hydrogen (secondary N) is 1. The molecule has 0 bridgehead atoms. The number of benzene rings is 1. The van der Waals surface area contributed by atoms with Crippen molar-refractivity contribution in [2.75, 3.05) is 12.3 Å². The van der Waals surface area contributed by atoms with Gasteiger partial charge in [0.05, 0.1) is 0 Å². The predicted octanol–water partition coefficient (Wildman–Crippen LogP) is 2.65. The van der Waals surface area contributed by atoms with E-state index in [9.17, 15) is 0 Å². The van der Waals surface area contributed by atoms with E-state index in [1.807, 2.05) is 6.07 Å². The van der Waals surface area contributed by atoms with Crippen molar-refractivity contribution < 1.29 is 0 Å². The highest BCUT2D eigenvalue weighted by molar-refractivity contribution is 5.47. The molecule has 1 atom stereocenters. The van der Waals surface area contributed by atoms with Crippen molar-refractivity contribution in [1.82, 2.24) is 5.32 Å². The van der Waals surface area contributed by atoms with Crippen molar-refractivity contribution >= 4 is 5.69 Å². The van der Waals surface area contributed by atoms with Crippen LogP contribution in [0.2, 0.25) is 0 Å². The summed E-state index contributed by atoms with van der Waals surface area (Å²) in [4.78, 5) is 0. The summed E-state index contributed by atoms with van der Waals surface area (Å²) in [6.07, 6.45) is 6.72. The van der Waals surface area contributed by atoms with E-state index < -0.39 is 0 Å². The minimum atomic E-state index is 0.565. The normalized spacial score (nSPS) is 25.6. The Kier molecular flexibility index (Phi) is 2.60. The average Bonchev–Trinajstić information content (AvgIpc) is 2.81. The Morgan fingerprint density at radius 2 is 2.00 bits per heavy atom. The number of nitrogens with two attached hydrogens (primary N) is 1. The van der Waals surface area contributed by atoms with E-state index in [1.165, 1.54) is 36.8 Å². The smallest absolute Gasteiger partial charge is 0.0352 e. The number of anilines is 1. The predicted molar refractivity (Wildman–Crippen MR) is 67.3 cm³/mol. The van der Waals surface area contributed by atoms with E-state index >= 15 is 0 Å². The van der Waals surface area contributed by atoms with Crippen LogP contribution < -0.4 is 11.1 Å². The third-order valence-corrected chi connectivity index (χ3v) is 4.13. The maximum absolute atomic E-state index is 5.91. The summed E-state index contributed by atoms with van der Waals surface area (Å²) < 4.78 is 0. The summed E-state index contributed by atoms with van der Waals surface area (Å²) >= 11 is 0. The van der Waals surface area contributed by atoms with Crippen molar-refractivity contribution in [3.05, 3.63) is 29.3 Å². The zero-order chi connectivity index (χ0) is 11.0. The lowest BCUT2D eigenvalue weighted by Crippen LogP contribution is -2.34. The lowest BCUT2D eigenvalue weighted by atomic mass is 9.85. The molecule has 1 aromatic rings. The van der Waals surface area contributed by atoms with Crippen LogP contribution in [0.3, 0.4) is 0 Å². The number of hydrogen-bond acceptors (Lipinski definition) is 2.